The molecule has 0 fully saturated rings. The molecule has 154 valence electrons. The summed E-state index contributed by atoms with van der Waals surface area (Å²) in [5.41, 5.74) is 12.3. The SMILES string of the molecule is CCOc1ccc(-c2c(Cl)ncn2-c2ccc(S(=O)(=O)NP(N)(N)=O)cc2)cc1. The number of nitrogens with zero attached hydrogens (tertiary/aromatic N) is 2. The third-order valence-electron chi connectivity index (χ3n) is 3.85. The summed E-state index contributed by atoms with van der Waals surface area (Å²) in [5, 5.41) is 0.291. The first-order valence-electron chi connectivity index (χ1n) is 8.38. The van der Waals surface area contributed by atoms with Crippen LogP contribution >= 0.6 is 19.2 Å². The molecule has 0 aliphatic heterocycles. The first-order chi connectivity index (χ1) is 13.6. The first-order valence-corrected chi connectivity index (χ1v) is 12.1. The van der Waals surface area contributed by atoms with Gasteiger partial charge in [0, 0.05) is 11.3 Å². The molecule has 0 aliphatic rings. The van der Waals surface area contributed by atoms with Crippen molar-refractivity contribution in [2.45, 2.75) is 11.8 Å². The van der Waals surface area contributed by atoms with E-state index < -0.39 is 17.6 Å². The number of rotatable bonds is 7. The maximum absolute atomic E-state index is 12.2. The van der Waals surface area contributed by atoms with Crippen LogP contribution in [0.4, 0.5) is 0 Å². The molecular formula is C17H19ClN5O4PS. The lowest BCUT2D eigenvalue weighted by atomic mass is 10.1. The van der Waals surface area contributed by atoms with Gasteiger partial charge in [-0.25, -0.2) is 13.4 Å². The van der Waals surface area contributed by atoms with E-state index in [0.717, 1.165) is 11.3 Å². The molecule has 0 aliphatic carbocycles. The Morgan fingerprint density at radius 2 is 1.76 bits per heavy atom. The van der Waals surface area contributed by atoms with E-state index in [4.69, 9.17) is 27.3 Å². The van der Waals surface area contributed by atoms with Crippen molar-refractivity contribution in [1.29, 1.82) is 0 Å². The van der Waals surface area contributed by atoms with Crippen LogP contribution in [0.1, 0.15) is 6.92 Å². The van der Waals surface area contributed by atoms with Gasteiger partial charge in [0.15, 0.2) is 5.15 Å². The molecule has 29 heavy (non-hydrogen) atoms. The number of benzene rings is 2. The van der Waals surface area contributed by atoms with Crippen molar-refractivity contribution in [2.75, 3.05) is 6.61 Å². The molecule has 1 heterocycles. The van der Waals surface area contributed by atoms with Gasteiger partial charge in [0.2, 0.25) is 10.0 Å². The van der Waals surface area contributed by atoms with Gasteiger partial charge >= 0.3 is 0 Å². The molecule has 0 amide bonds. The highest BCUT2D eigenvalue weighted by molar-refractivity contribution is 7.95. The molecule has 9 nitrogen and oxygen atoms in total. The minimum atomic E-state index is -4.11. The lowest BCUT2D eigenvalue weighted by Crippen LogP contribution is -2.28. The van der Waals surface area contributed by atoms with Gasteiger partial charge in [0.25, 0.3) is 7.59 Å². The molecule has 0 saturated carbocycles. The minimum absolute atomic E-state index is 0.133. The number of ether oxygens (including phenoxy) is 1. The van der Waals surface area contributed by atoms with Crippen LogP contribution in [0, 0.1) is 0 Å². The maximum Gasteiger partial charge on any atom is 0.287 e. The van der Waals surface area contributed by atoms with E-state index in [0.29, 0.717) is 23.1 Å². The predicted molar refractivity (Wildman–Crippen MR) is 111 cm³/mol. The van der Waals surface area contributed by atoms with Crippen LogP contribution < -0.4 is 20.2 Å². The first kappa shape index (κ1) is 21.5. The van der Waals surface area contributed by atoms with Gasteiger partial charge < -0.3 is 4.74 Å². The van der Waals surface area contributed by atoms with Crippen molar-refractivity contribution < 1.29 is 17.7 Å². The second-order valence-corrected chi connectivity index (χ2v) is 9.99. The van der Waals surface area contributed by atoms with Crippen LogP contribution in [-0.2, 0) is 14.6 Å². The average Bonchev–Trinajstić information content (AvgIpc) is 3.02. The largest absolute Gasteiger partial charge is 0.494 e. The fourth-order valence-electron chi connectivity index (χ4n) is 2.68. The molecule has 3 aromatic rings. The lowest BCUT2D eigenvalue weighted by Gasteiger charge is -2.12. The monoisotopic (exact) mass is 455 g/mol. The normalized spacial score (nSPS) is 12.1. The number of hydrogen-bond acceptors (Lipinski definition) is 5. The molecule has 3 rings (SSSR count). The summed E-state index contributed by atoms with van der Waals surface area (Å²) in [6.07, 6.45) is 1.53. The number of hydrogen-bond donors (Lipinski definition) is 3. The molecule has 1 aromatic heterocycles. The summed E-state index contributed by atoms with van der Waals surface area (Å²) in [5.74, 6) is 0.734. The molecular weight excluding hydrogens is 437 g/mol. The maximum atomic E-state index is 12.2. The Morgan fingerprint density at radius 3 is 2.31 bits per heavy atom. The number of nitrogens with one attached hydrogen (secondary N) is 1. The van der Waals surface area contributed by atoms with Gasteiger partial charge in [0.05, 0.1) is 17.2 Å². The molecule has 0 saturated heterocycles. The van der Waals surface area contributed by atoms with E-state index in [2.05, 4.69) is 4.98 Å². The van der Waals surface area contributed by atoms with E-state index in [1.165, 1.54) is 18.5 Å². The highest BCUT2D eigenvalue weighted by Crippen LogP contribution is 2.31. The van der Waals surface area contributed by atoms with Crippen LogP contribution in [0.2, 0.25) is 5.15 Å². The minimum Gasteiger partial charge on any atom is -0.494 e. The summed E-state index contributed by atoms with van der Waals surface area (Å²) in [7, 11) is -8.07. The smallest absolute Gasteiger partial charge is 0.287 e. The van der Waals surface area contributed by atoms with Gasteiger partial charge in [-0.05, 0) is 55.5 Å². The lowest BCUT2D eigenvalue weighted by molar-refractivity contribution is 0.340. The summed E-state index contributed by atoms with van der Waals surface area (Å²) in [4.78, 5) is 4.01. The van der Waals surface area contributed by atoms with E-state index in [9.17, 15) is 13.0 Å². The van der Waals surface area contributed by atoms with Crippen molar-refractivity contribution in [2.24, 2.45) is 11.0 Å². The topological polar surface area (TPSA) is 142 Å². The zero-order valence-corrected chi connectivity index (χ0v) is 17.8. The number of sulfonamides is 1. The zero-order chi connectivity index (χ0) is 21.2. The van der Waals surface area contributed by atoms with Crippen molar-refractivity contribution in [1.82, 2.24) is 14.0 Å². The van der Waals surface area contributed by atoms with E-state index in [1.54, 1.807) is 21.2 Å². The van der Waals surface area contributed by atoms with Crippen molar-refractivity contribution in [3.8, 4) is 22.7 Å². The Bertz CT molecular complexity index is 1160. The predicted octanol–water partition coefficient (Wildman–Crippen LogP) is 2.90. The third-order valence-corrected chi connectivity index (χ3v) is 7.12. The summed E-state index contributed by atoms with van der Waals surface area (Å²) in [6, 6.07) is 13.1. The van der Waals surface area contributed by atoms with Crippen LogP contribution in [0.5, 0.6) is 5.75 Å². The number of aromatic nitrogens is 2. The zero-order valence-electron chi connectivity index (χ0n) is 15.3. The Balaban J connectivity index is 1.96. The molecule has 0 spiro atoms. The highest BCUT2D eigenvalue weighted by Gasteiger charge is 2.22. The van der Waals surface area contributed by atoms with Crippen LogP contribution in [0.15, 0.2) is 59.8 Å². The van der Waals surface area contributed by atoms with E-state index in [-0.39, 0.29) is 4.90 Å². The van der Waals surface area contributed by atoms with Gasteiger partial charge in [-0.3, -0.25) is 20.1 Å². The third kappa shape index (κ3) is 5.05. The average molecular weight is 456 g/mol. The van der Waals surface area contributed by atoms with Crippen molar-refractivity contribution >= 4 is 29.2 Å². The Morgan fingerprint density at radius 1 is 1.14 bits per heavy atom. The summed E-state index contributed by atoms with van der Waals surface area (Å²) in [6.45, 7) is 2.46. The van der Waals surface area contributed by atoms with Gasteiger partial charge in [-0.1, -0.05) is 11.6 Å². The number of imidazole rings is 1. The van der Waals surface area contributed by atoms with Crippen LogP contribution in [0.25, 0.3) is 16.9 Å². The molecule has 2 aromatic carbocycles. The number of nitrogens with two attached hydrogens (primary N) is 2. The van der Waals surface area contributed by atoms with Gasteiger partial charge in [-0.15, -0.1) is 4.49 Å². The van der Waals surface area contributed by atoms with E-state index >= 15 is 0 Å². The Kier molecular flexibility index (Phi) is 6.13. The van der Waals surface area contributed by atoms with Gasteiger partial charge in [0.1, 0.15) is 12.1 Å². The van der Waals surface area contributed by atoms with E-state index in [1.807, 2.05) is 31.2 Å². The molecule has 0 radical (unpaired) electrons. The molecule has 5 N–H and O–H groups in total. The van der Waals surface area contributed by atoms with Crippen LogP contribution in [0.3, 0.4) is 0 Å². The Labute approximate surface area is 173 Å². The van der Waals surface area contributed by atoms with Crippen molar-refractivity contribution in [3.05, 3.63) is 60.0 Å². The molecule has 0 atom stereocenters. The fraction of sp³-hybridized carbons (Fsp3) is 0.118. The summed E-state index contributed by atoms with van der Waals surface area (Å²) >= 11 is 6.28. The summed E-state index contributed by atoms with van der Waals surface area (Å²) < 4.78 is 44.7. The second kappa shape index (κ2) is 8.27. The number of halogens is 1. The van der Waals surface area contributed by atoms with Crippen molar-refractivity contribution in [3.63, 3.8) is 0 Å². The highest BCUT2D eigenvalue weighted by atomic mass is 35.5. The molecule has 0 bridgehead atoms. The van der Waals surface area contributed by atoms with Crippen LogP contribution in [-0.4, -0.2) is 24.6 Å². The van der Waals surface area contributed by atoms with Gasteiger partial charge in [-0.2, -0.15) is 0 Å². The second-order valence-electron chi connectivity index (χ2n) is 6.01. The fourth-order valence-corrected chi connectivity index (χ4v) is 5.35. The quantitative estimate of drug-likeness (QED) is 0.465. The Hall–Kier alpha value is -2.20. The molecule has 12 heteroatoms. The molecule has 0 unspecified atom stereocenters. The standard InChI is InChI=1S/C17H19ClN5O4PS/c1-2-27-14-7-3-12(4-8-14)16-17(18)21-11-23(16)13-5-9-15(10-6-13)29(25,26)22-28(19,20)24/h3-11H,2H2,1H3,(H5,19,20,22,24).